The zero-order valence-electron chi connectivity index (χ0n) is 7.52. The van der Waals surface area contributed by atoms with E-state index in [0.29, 0.717) is 22.1 Å². The number of hydrogen-bond acceptors (Lipinski definition) is 4. The second-order valence-corrected chi connectivity index (χ2v) is 2.71. The number of benzene rings is 1. The van der Waals surface area contributed by atoms with Gasteiger partial charge in [-0.25, -0.2) is 0 Å². The van der Waals surface area contributed by atoms with Crippen molar-refractivity contribution in [1.82, 2.24) is 0 Å². The number of nitrogens with zero attached hydrogens (tertiary/aromatic N) is 1. The van der Waals surface area contributed by atoms with E-state index in [4.69, 9.17) is 14.4 Å². The summed E-state index contributed by atoms with van der Waals surface area (Å²) >= 11 is 0. The van der Waals surface area contributed by atoms with Crippen molar-refractivity contribution in [2.45, 2.75) is 0 Å². The fourth-order valence-electron chi connectivity index (χ4n) is 1.23. The van der Waals surface area contributed by atoms with Crippen LogP contribution in [-0.2, 0) is 0 Å². The van der Waals surface area contributed by atoms with Crippen LogP contribution in [-0.4, -0.2) is 12.3 Å². The molecule has 71 valence electrons. The molecule has 1 aromatic heterocycles. The molecule has 4 heteroatoms. The van der Waals surface area contributed by atoms with Gasteiger partial charge in [-0.15, -0.1) is 0 Å². The minimum absolute atomic E-state index is 0.425. The third-order valence-electron chi connectivity index (χ3n) is 1.94. The lowest BCUT2D eigenvalue weighted by molar-refractivity contribution is 0.302. The third kappa shape index (κ3) is 1.31. The van der Waals surface area contributed by atoms with E-state index in [9.17, 15) is 0 Å². The number of fused-ring (bicyclic) bond motifs is 1. The Morgan fingerprint density at radius 2 is 2.36 bits per heavy atom. The first-order valence-electron chi connectivity index (χ1n) is 4.01. The van der Waals surface area contributed by atoms with Crippen LogP contribution < -0.4 is 10.1 Å². The first kappa shape index (κ1) is 8.62. The highest BCUT2D eigenvalue weighted by atomic mass is 16.5. The van der Waals surface area contributed by atoms with Crippen LogP contribution in [0, 0.1) is 6.26 Å². The lowest BCUT2D eigenvalue weighted by Crippen LogP contribution is -2.01. The van der Waals surface area contributed by atoms with Gasteiger partial charge in [-0.1, -0.05) is 5.16 Å². The van der Waals surface area contributed by atoms with Crippen molar-refractivity contribution in [1.29, 1.82) is 0 Å². The fraction of sp³-hybridized carbons (Fsp3) is 0.100. The second kappa shape index (κ2) is 3.41. The highest BCUT2D eigenvalue weighted by Crippen LogP contribution is 2.17. The molecule has 0 unspecified atom stereocenters. The predicted octanol–water partition coefficient (Wildman–Crippen LogP) is 1.53. The van der Waals surface area contributed by atoms with Gasteiger partial charge in [-0.2, -0.15) is 0 Å². The Kier molecular flexibility index (Phi) is 2.10. The lowest BCUT2D eigenvalue weighted by Gasteiger charge is -2.00. The Hall–Kier alpha value is -1.97. The molecule has 0 saturated heterocycles. The minimum atomic E-state index is 0.425. The van der Waals surface area contributed by atoms with Crippen LogP contribution >= 0.6 is 0 Å². The van der Waals surface area contributed by atoms with E-state index in [1.807, 2.05) is 0 Å². The van der Waals surface area contributed by atoms with Gasteiger partial charge in [-0.05, 0) is 12.1 Å². The Bertz CT molecular complexity index is 516. The molecule has 0 aliphatic heterocycles. The van der Waals surface area contributed by atoms with Gasteiger partial charge in [0.25, 0.3) is 0 Å². The normalized spacial score (nSPS) is 11.9. The maximum atomic E-state index is 8.69. The molecule has 0 amide bonds. The third-order valence-corrected chi connectivity index (χ3v) is 1.94. The van der Waals surface area contributed by atoms with Crippen molar-refractivity contribution in [3.63, 3.8) is 0 Å². The van der Waals surface area contributed by atoms with E-state index in [0.717, 1.165) is 0 Å². The monoisotopic (exact) mass is 190 g/mol. The molecule has 1 aromatic carbocycles. The summed E-state index contributed by atoms with van der Waals surface area (Å²) in [4.78, 5) is 0. The summed E-state index contributed by atoms with van der Waals surface area (Å²) < 4.78 is 10.1. The van der Waals surface area contributed by atoms with Gasteiger partial charge in [-0.3, -0.25) is 0 Å². The molecule has 0 saturated carbocycles. The summed E-state index contributed by atoms with van der Waals surface area (Å²) in [5, 5.41) is 13.0. The van der Waals surface area contributed by atoms with Crippen molar-refractivity contribution in [3.05, 3.63) is 35.9 Å². The molecule has 0 aliphatic carbocycles. The maximum absolute atomic E-state index is 8.69. The quantitative estimate of drug-likeness (QED) is 0.548. The highest BCUT2D eigenvalue weighted by Gasteiger charge is 2.00. The molecule has 1 N–H and O–H groups in total. The van der Waals surface area contributed by atoms with Crippen LogP contribution in [0.3, 0.4) is 0 Å². The van der Waals surface area contributed by atoms with E-state index in [-0.39, 0.29) is 0 Å². The Morgan fingerprint density at radius 3 is 3.07 bits per heavy atom. The molecular weight excluding hydrogens is 182 g/mol. The summed E-state index contributed by atoms with van der Waals surface area (Å²) in [6, 6.07) is 6.71. The lowest BCUT2D eigenvalue weighted by atomic mass is 10.2. The van der Waals surface area contributed by atoms with E-state index in [1.54, 1.807) is 25.3 Å². The van der Waals surface area contributed by atoms with Gasteiger partial charge < -0.3 is 14.4 Å². The zero-order chi connectivity index (χ0) is 9.97. The van der Waals surface area contributed by atoms with Crippen molar-refractivity contribution >= 4 is 11.0 Å². The topological polar surface area (TPSA) is 55.0 Å². The summed E-state index contributed by atoms with van der Waals surface area (Å²) in [5.74, 6) is 0.685. The van der Waals surface area contributed by atoms with E-state index >= 15 is 0 Å². The number of rotatable bonds is 1. The van der Waals surface area contributed by atoms with Crippen LogP contribution in [0.25, 0.3) is 11.0 Å². The van der Waals surface area contributed by atoms with Gasteiger partial charge in [0.05, 0.1) is 7.11 Å². The van der Waals surface area contributed by atoms with Crippen molar-refractivity contribution in [3.8, 4) is 5.75 Å². The first-order chi connectivity index (χ1) is 6.85. The number of hydrogen-bond donors (Lipinski definition) is 1. The van der Waals surface area contributed by atoms with Crippen LogP contribution in [0.4, 0.5) is 0 Å². The molecule has 0 aliphatic rings. The fourth-order valence-corrected chi connectivity index (χ4v) is 1.23. The smallest absolute Gasteiger partial charge is 0.172 e. The summed E-state index contributed by atoms with van der Waals surface area (Å²) in [6.45, 7) is 0. The molecule has 0 bridgehead atoms. The zero-order valence-corrected chi connectivity index (χ0v) is 7.52. The van der Waals surface area contributed by atoms with Crippen LogP contribution in [0.15, 0.2) is 33.8 Å². The number of ether oxygens (including phenoxy) is 1. The average molecular weight is 190 g/mol. The largest absolute Gasteiger partial charge is 0.497 e. The molecule has 0 atom stereocenters. The predicted molar refractivity (Wildman–Crippen MR) is 49.0 cm³/mol. The SMILES string of the molecule is COc1ccc2/c(=N\O)c[c]oc2c1. The number of methoxy groups -OCH3 is 1. The molecule has 1 radical (unpaired) electrons. The highest BCUT2D eigenvalue weighted by molar-refractivity contribution is 5.77. The van der Waals surface area contributed by atoms with Gasteiger partial charge in [0.15, 0.2) is 6.26 Å². The summed E-state index contributed by atoms with van der Waals surface area (Å²) in [7, 11) is 1.57. The molecule has 2 aromatic rings. The Morgan fingerprint density at radius 1 is 1.50 bits per heavy atom. The summed E-state index contributed by atoms with van der Waals surface area (Å²) in [6.07, 6.45) is 2.52. The van der Waals surface area contributed by atoms with Crippen LogP contribution in [0.2, 0.25) is 0 Å². The van der Waals surface area contributed by atoms with Crippen molar-refractivity contribution in [2.24, 2.45) is 5.16 Å². The first-order valence-corrected chi connectivity index (χ1v) is 4.01. The second-order valence-electron chi connectivity index (χ2n) is 2.71. The molecule has 0 spiro atoms. The molecule has 4 nitrogen and oxygen atoms in total. The minimum Gasteiger partial charge on any atom is -0.497 e. The van der Waals surface area contributed by atoms with Crippen molar-refractivity contribution < 1.29 is 14.4 Å². The van der Waals surface area contributed by atoms with Crippen molar-refractivity contribution in [2.75, 3.05) is 7.11 Å². The molecule has 1 heterocycles. The average Bonchev–Trinajstić information content (AvgIpc) is 2.27. The van der Waals surface area contributed by atoms with Crippen LogP contribution in [0.5, 0.6) is 5.75 Å². The van der Waals surface area contributed by atoms with E-state index in [2.05, 4.69) is 11.4 Å². The van der Waals surface area contributed by atoms with Gasteiger partial charge in [0, 0.05) is 17.5 Å². The van der Waals surface area contributed by atoms with Gasteiger partial charge in [0.2, 0.25) is 0 Å². The molecular formula is C10H8NO3. The Labute approximate surface area is 80.0 Å². The summed E-state index contributed by atoms with van der Waals surface area (Å²) in [5.41, 5.74) is 0.569. The van der Waals surface area contributed by atoms with E-state index in [1.165, 1.54) is 6.07 Å². The molecule has 14 heavy (non-hydrogen) atoms. The molecule has 0 fully saturated rings. The Balaban J connectivity index is 2.80. The van der Waals surface area contributed by atoms with Gasteiger partial charge in [0.1, 0.15) is 16.7 Å². The van der Waals surface area contributed by atoms with E-state index < -0.39 is 0 Å². The molecule has 2 rings (SSSR count). The maximum Gasteiger partial charge on any atom is 0.172 e. The van der Waals surface area contributed by atoms with Gasteiger partial charge >= 0.3 is 0 Å². The standard InChI is InChI=1S/C10H8NO3/c1-13-7-2-3-8-9(11-12)4-5-14-10(8)6-7/h2-4,6,12H,1H3/b11-9-. The van der Waals surface area contributed by atoms with Crippen LogP contribution in [0.1, 0.15) is 0 Å².